The highest BCUT2D eigenvalue weighted by Gasteiger charge is 2.12. The Kier molecular flexibility index (Phi) is 7.64. The van der Waals surface area contributed by atoms with Gasteiger partial charge in [0.05, 0.1) is 0 Å². The molecule has 5 nitrogen and oxygen atoms in total. The van der Waals surface area contributed by atoms with Crippen molar-refractivity contribution >= 4 is 17.0 Å². The van der Waals surface area contributed by atoms with Gasteiger partial charge in [-0.05, 0) is 43.5 Å². The molecule has 5 heteroatoms. The van der Waals surface area contributed by atoms with E-state index in [1.165, 1.54) is 12.8 Å². The second-order valence-electron chi connectivity index (χ2n) is 8.02. The maximum absolute atomic E-state index is 12.0. The summed E-state index contributed by atoms with van der Waals surface area (Å²) < 4.78 is 5.65. The van der Waals surface area contributed by atoms with Crippen molar-refractivity contribution in [3.63, 3.8) is 0 Å². The number of aromatic nitrogens is 1. The van der Waals surface area contributed by atoms with Gasteiger partial charge in [-0.1, -0.05) is 39.8 Å². The monoisotopic (exact) mass is 359 g/mol. The number of rotatable bonds is 10. The van der Waals surface area contributed by atoms with Crippen molar-refractivity contribution in [3.8, 4) is 0 Å². The topological polar surface area (TPSA) is 58.4 Å². The number of carbonyl (C=O) groups excluding carboxylic acids is 1. The van der Waals surface area contributed by atoms with Crippen LogP contribution in [0.25, 0.3) is 11.1 Å². The minimum atomic E-state index is 0.0537. The zero-order chi connectivity index (χ0) is 19.0. The fraction of sp³-hybridized carbons (Fsp3) is 0.619. The van der Waals surface area contributed by atoms with Crippen LogP contribution in [0.3, 0.4) is 0 Å². The lowest BCUT2D eigenvalue weighted by Crippen LogP contribution is -2.35. The maximum atomic E-state index is 12.0. The Bertz CT molecular complexity index is 655. The van der Waals surface area contributed by atoms with E-state index < -0.39 is 0 Å². The Morgan fingerprint density at radius 3 is 2.69 bits per heavy atom. The third kappa shape index (κ3) is 7.16. The molecule has 1 aromatic carbocycles. The predicted octanol–water partition coefficient (Wildman–Crippen LogP) is 4.02. The number of nitrogens with zero attached hydrogens (tertiary/aromatic N) is 2. The highest BCUT2D eigenvalue weighted by atomic mass is 16.3. The summed E-state index contributed by atoms with van der Waals surface area (Å²) in [5, 5.41) is 3.01. The lowest BCUT2D eigenvalue weighted by atomic mass is 9.90. The van der Waals surface area contributed by atoms with E-state index >= 15 is 0 Å². The first-order valence-electron chi connectivity index (χ1n) is 9.71. The fourth-order valence-electron chi connectivity index (χ4n) is 2.95. The van der Waals surface area contributed by atoms with E-state index in [0.29, 0.717) is 30.7 Å². The third-order valence-corrected chi connectivity index (χ3v) is 4.50. The summed E-state index contributed by atoms with van der Waals surface area (Å²) in [4.78, 5) is 18.8. The predicted molar refractivity (Wildman–Crippen MR) is 106 cm³/mol. The molecule has 0 radical (unpaired) electrons. The Balaban J connectivity index is 1.64. The molecule has 144 valence electrons. The molecule has 1 N–H and O–H groups in total. The summed E-state index contributed by atoms with van der Waals surface area (Å²) >= 11 is 0. The van der Waals surface area contributed by atoms with Crippen LogP contribution in [0.5, 0.6) is 0 Å². The van der Waals surface area contributed by atoms with Crippen LogP contribution in [0.4, 0.5) is 0 Å². The van der Waals surface area contributed by atoms with E-state index in [4.69, 9.17) is 4.42 Å². The lowest BCUT2D eigenvalue weighted by molar-refractivity contribution is -0.121. The number of carbonyl (C=O) groups is 1. The highest BCUT2D eigenvalue weighted by Crippen LogP contribution is 2.20. The average molecular weight is 360 g/mol. The van der Waals surface area contributed by atoms with Gasteiger partial charge in [0.1, 0.15) is 5.52 Å². The van der Waals surface area contributed by atoms with E-state index in [1.807, 2.05) is 24.3 Å². The normalized spacial score (nSPS) is 12.0. The SMILES string of the molecule is CCN(CCCC(C)(C)C)CCNC(=O)CCc1nc2ccccc2o1. The van der Waals surface area contributed by atoms with Gasteiger partial charge in [-0.2, -0.15) is 0 Å². The molecular formula is C21H33N3O2. The van der Waals surface area contributed by atoms with Crippen LogP contribution in [0.15, 0.2) is 28.7 Å². The number of nitrogens with one attached hydrogen (secondary N) is 1. The number of para-hydroxylation sites is 2. The van der Waals surface area contributed by atoms with Gasteiger partial charge >= 0.3 is 0 Å². The summed E-state index contributed by atoms with van der Waals surface area (Å²) in [7, 11) is 0. The van der Waals surface area contributed by atoms with Gasteiger partial charge in [0.15, 0.2) is 11.5 Å². The Labute approximate surface area is 157 Å². The zero-order valence-corrected chi connectivity index (χ0v) is 16.7. The van der Waals surface area contributed by atoms with E-state index in [9.17, 15) is 4.79 Å². The van der Waals surface area contributed by atoms with E-state index in [2.05, 4.69) is 42.9 Å². The first-order chi connectivity index (χ1) is 12.4. The van der Waals surface area contributed by atoms with Gasteiger partial charge in [-0.3, -0.25) is 4.79 Å². The number of amides is 1. The van der Waals surface area contributed by atoms with Gasteiger partial charge < -0.3 is 14.6 Å². The molecule has 26 heavy (non-hydrogen) atoms. The van der Waals surface area contributed by atoms with Crippen molar-refractivity contribution in [2.45, 2.75) is 53.4 Å². The summed E-state index contributed by atoms with van der Waals surface area (Å²) in [6, 6.07) is 7.67. The van der Waals surface area contributed by atoms with Crippen molar-refractivity contribution in [3.05, 3.63) is 30.2 Å². The van der Waals surface area contributed by atoms with Crippen LogP contribution in [0.1, 0.15) is 52.8 Å². The van der Waals surface area contributed by atoms with Crippen molar-refractivity contribution < 1.29 is 9.21 Å². The zero-order valence-electron chi connectivity index (χ0n) is 16.7. The number of benzene rings is 1. The standard InChI is InChI=1S/C21H33N3O2/c1-5-24(15-8-13-21(2,3)4)16-14-22-19(25)11-12-20-23-17-9-6-7-10-18(17)26-20/h6-7,9-10H,5,8,11-16H2,1-4H3,(H,22,25). The van der Waals surface area contributed by atoms with E-state index in [-0.39, 0.29) is 5.91 Å². The Morgan fingerprint density at radius 2 is 2.00 bits per heavy atom. The van der Waals surface area contributed by atoms with Crippen LogP contribution in [0.2, 0.25) is 0 Å². The molecule has 0 aliphatic carbocycles. The van der Waals surface area contributed by atoms with E-state index in [1.54, 1.807) is 0 Å². The van der Waals surface area contributed by atoms with Gasteiger partial charge in [-0.25, -0.2) is 4.98 Å². The first kappa shape index (κ1) is 20.4. The van der Waals surface area contributed by atoms with Gasteiger partial charge in [0.2, 0.25) is 5.91 Å². The van der Waals surface area contributed by atoms with E-state index in [0.717, 1.165) is 30.7 Å². The number of oxazole rings is 1. The molecule has 1 aromatic heterocycles. The lowest BCUT2D eigenvalue weighted by Gasteiger charge is -2.23. The molecule has 0 unspecified atom stereocenters. The summed E-state index contributed by atoms with van der Waals surface area (Å²) in [5.41, 5.74) is 2.01. The number of hydrogen-bond acceptors (Lipinski definition) is 4. The quantitative estimate of drug-likeness (QED) is 0.696. The average Bonchev–Trinajstić information content (AvgIpc) is 3.00. The van der Waals surface area contributed by atoms with Crippen LogP contribution in [-0.2, 0) is 11.2 Å². The fourth-order valence-corrected chi connectivity index (χ4v) is 2.95. The molecule has 0 aliphatic rings. The Hall–Kier alpha value is -1.88. The molecule has 0 fully saturated rings. The number of hydrogen-bond donors (Lipinski definition) is 1. The summed E-state index contributed by atoms with van der Waals surface area (Å²) in [5.74, 6) is 0.678. The van der Waals surface area contributed by atoms with Gasteiger partial charge in [0, 0.05) is 25.9 Å². The number of fused-ring (bicyclic) bond motifs is 1. The maximum Gasteiger partial charge on any atom is 0.220 e. The second-order valence-corrected chi connectivity index (χ2v) is 8.02. The summed E-state index contributed by atoms with van der Waals surface area (Å²) in [6.07, 6.45) is 3.36. The van der Waals surface area contributed by atoms with Crippen LogP contribution >= 0.6 is 0 Å². The molecule has 0 spiro atoms. The van der Waals surface area contributed by atoms with Crippen LogP contribution in [0, 0.1) is 5.41 Å². The molecule has 0 saturated carbocycles. The van der Waals surface area contributed by atoms with Gasteiger partial charge in [-0.15, -0.1) is 0 Å². The molecule has 1 amide bonds. The Morgan fingerprint density at radius 1 is 1.23 bits per heavy atom. The van der Waals surface area contributed by atoms with Crippen molar-refractivity contribution in [2.24, 2.45) is 5.41 Å². The minimum absolute atomic E-state index is 0.0537. The first-order valence-corrected chi connectivity index (χ1v) is 9.71. The van der Waals surface area contributed by atoms with Crippen LogP contribution in [-0.4, -0.2) is 42.0 Å². The van der Waals surface area contributed by atoms with Crippen LogP contribution < -0.4 is 5.32 Å². The molecule has 0 saturated heterocycles. The molecule has 2 aromatic rings. The van der Waals surface area contributed by atoms with Crippen molar-refractivity contribution in [2.75, 3.05) is 26.2 Å². The van der Waals surface area contributed by atoms with Crippen molar-refractivity contribution in [1.82, 2.24) is 15.2 Å². The molecule has 0 aliphatic heterocycles. The number of likely N-dealkylation sites (N-methyl/N-ethyl adjacent to an activating group) is 1. The number of aryl methyl sites for hydroxylation is 1. The van der Waals surface area contributed by atoms with Crippen molar-refractivity contribution in [1.29, 1.82) is 0 Å². The minimum Gasteiger partial charge on any atom is -0.441 e. The highest BCUT2D eigenvalue weighted by molar-refractivity contribution is 5.76. The molecule has 1 heterocycles. The third-order valence-electron chi connectivity index (χ3n) is 4.50. The molecule has 0 bridgehead atoms. The molecular weight excluding hydrogens is 326 g/mol. The summed E-state index contributed by atoms with van der Waals surface area (Å²) in [6.45, 7) is 12.7. The smallest absolute Gasteiger partial charge is 0.220 e. The molecule has 0 atom stereocenters. The molecule has 2 rings (SSSR count). The largest absolute Gasteiger partial charge is 0.441 e. The second kappa shape index (κ2) is 9.72. The van der Waals surface area contributed by atoms with Gasteiger partial charge in [0.25, 0.3) is 0 Å².